The number of carbonyl (C=O) groups is 2. The van der Waals surface area contributed by atoms with E-state index in [1.807, 2.05) is 53.8 Å². The van der Waals surface area contributed by atoms with E-state index in [-0.39, 0.29) is 18.0 Å². The summed E-state index contributed by atoms with van der Waals surface area (Å²) in [7, 11) is 0. The van der Waals surface area contributed by atoms with E-state index in [0.29, 0.717) is 31.8 Å². The summed E-state index contributed by atoms with van der Waals surface area (Å²) in [6, 6.07) is 9.78. The van der Waals surface area contributed by atoms with E-state index in [4.69, 9.17) is 4.74 Å². The van der Waals surface area contributed by atoms with Gasteiger partial charge in [0.15, 0.2) is 0 Å². The Kier molecular flexibility index (Phi) is 4.59. The van der Waals surface area contributed by atoms with Crippen LogP contribution in [0.1, 0.15) is 34.6 Å². The number of aryl methyl sites for hydroxylation is 2. The molecule has 4 rings (SSSR count). The monoisotopic (exact) mass is 368 g/mol. The van der Waals surface area contributed by atoms with E-state index < -0.39 is 0 Å². The number of ether oxygens (including phenoxy) is 1. The fraction of sp³-hybridized carbons (Fsp3) is 0.450. The van der Waals surface area contributed by atoms with E-state index in [1.54, 1.807) is 4.90 Å². The average Bonchev–Trinajstić information content (AvgIpc) is 3.26. The van der Waals surface area contributed by atoms with Crippen LogP contribution in [-0.4, -0.2) is 63.9 Å². The topological polar surface area (TPSA) is 67.7 Å². The fourth-order valence-corrected chi connectivity index (χ4v) is 3.94. The molecule has 2 aliphatic heterocycles. The smallest absolute Gasteiger partial charge is 0.410 e. The molecular formula is C20H24N4O3. The van der Waals surface area contributed by atoms with Crippen molar-refractivity contribution >= 4 is 12.0 Å². The Labute approximate surface area is 158 Å². The number of hydrogen-bond acceptors (Lipinski definition) is 4. The normalized spacial score (nSPS) is 18.1. The predicted molar refractivity (Wildman–Crippen MR) is 100 cm³/mol. The maximum Gasteiger partial charge on any atom is 0.410 e. The van der Waals surface area contributed by atoms with Crippen LogP contribution in [0.5, 0.6) is 0 Å². The lowest BCUT2D eigenvalue weighted by atomic mass is 10.0. The van der Waals surface area contributed by atoms with Gasteiger partial charge in [0, 0.05) is 30.4 Å². The molecule has 0 radical (unpaired) electrons. The average molecular weight is 368 g/mol. The summed E-state index contributed by atoms with van der Waals surface area (Å²) in [5.41, 5.74) is 3.66. The first-order valence-corrected chi connectivity index (χ1v) is 9.39. The van der Waals surface area contributed by atoms with Crippen LogP contribution in [0.3, 0.4) is 0 Å². The molecule has 2 fully saturated rings. The molecule has 2 aliphatic rings. The Morgan fingerprint density at radius 2 is 1.81 bits per heavy atom. The van der Waals surface area contributed by atoms with E-state index in [2.05, 4.69) is 5.10 Å². The third kappa shape index (κ3) is 3.41. The summed E-state index contributed by atoms with van der Waals surface area (Å²) < 4.78 is 6.90. The highest BCUT2D eigenvalue weighted by molar-refractivity contribution is 5.94. The second-order valence-electron chi connectivity index (χ2n) is 7.22. The molecule has 1 aromatic carbocycles. The van der Waals surface area contributed by atoms with Crippen LogP contribution in [0.15, 0.2) is 30.3 Å². The van der Waals surface area contributed by atoms with Gasteiger partial charge in [-0.2, -0.15) is 5.10 Å². The maximum absolute atomic E-state index is 12.8. The Bertz CT molecular complexity index is 851. The lowest BCUT2D eigenvalue weighted by Crippen LogP contribution is -2.47. The van der Waals surface area contributed by atoms with Gasteiger partial charge in [-0.15, -0.1) is 0 Å². The van der Waals surface area contributed by atoms with E-state index in [9.17, 15) is 9.59 Å². The molecule has 0 saturated carbocycles. The first-order valence-electron chi connectivity index (χ1n) is 9.39. The number of cyclic esters (lactones) is 1. The molecule has 2 amide bonds. The van der Waals surface area contributed by atoms with Gasteiger partial charge in [0.25, 0.3) is 5.91 Å². The van der Waals surface area contributed by atoms with Gasteiger partial charge in [0.1, 0.15) is 6.61 Å². The molecule has 0 aliphatic carbocycles. The van der Waals surface area contributed by atoms with Gasteiger partial charge in [-0.1, -0.05) is 0 Å². The second kappa shape index (κ2) is 7.06. The SMILES string of the molecule is Cc1cc(C)n(-c2ccc(C(=O)N3CCC(N4CCOC4=O)CC3)cc2)n1. The minimum atomic E-state index is -0.223. The quantitative estimate of drug-likeness (QED) is 0.835. The number of aromatic nitrogens is 2. The number of piperidine rings is 1. The fourth-order valence-electron chi connectivity index (χ4n) is 3.94. The molecule has 3 heterocycles. The Balaban J connectivity index is 1.40. The van der Waals surface area contributed by atoms with Gasteiger partial charge in [0.2, 0.25) is 0 Å². The van der Waals surface area contributed by atoms with Crippen molar-refractivity contribution in [3.05, 3.63) is 47.3 Å². The lowest BCUT2D eigenvalue weighted by Gasteiger charge is -2.35. The van der Waals surface area contributed by atoms with Crippen molar-refractivity contribution in [3.63, 3.8) is 0 Å². The third-order valence-corrected chi connectivity index (χ3v) is 5.35. The molecule has 27 heavy (non-hydrogen) atoms. The molecule has 142 valence electrons. The largest absolute Gasteiger partial charge is 0.448 e. The first-order chi connectivity index (χ1) is 13.0. The zero-order valence-electron chi connectivity index (χ0n) is 15.7. The summed E-state index contributed by atoms with van der Waals surface area (Å²) in [5, 5.41) is 4.48. The number of amides is 2. The van der Waals surface area contributed by atoms with Crippen molar-refractivity contribution < 1.29 is 14.3 Å². The summed E-state index contributed by atoms with van der Waals surface area (Å²) >= 11 is 0. The van der Waals surface area contributed by atoms with Crippen LogP contribution in [0, 0.1) is 13.8 Å². The zero-order valence-corrected chi connectivity index (χ0v) is 15.7. The molecule has 0 spiro atoms. The van der Waals surface area contributed by atoms with Crippen molar-refractivity contribution in [2.24, 2.45) is 0 Å². The van der Waals surface area contributed by atoms with E-state index in [0.717, 1.165) is 29.9 Å². The Morgan fingerprint density at radius 3 is 2.37 bits per heavy atom. The summed E-state index contributed by atoms with van der Waals surface area (Å²) in [4.78, 5) is 28.2. The van der Waals surface area contributed by atoms with Crippen LogP contribution in [0.25, 0.3) is 5.69 Å². The number of hydrogen-bond donors (Lipinski definition) is 0. The predicted octanol–water partition coefficient (Wildman–Crippen LogP) is 2.55. The molecule has 1 aromatic heterocycles. The number of benzene rings is 1. The Morgan fingerprint density at radius 1 is 1.11 bits per heavy atom. The van der Waals surface area contributed by atoms with Crippen molar-refractivity contribution in [2.45, 2.75) is 32.7 Å². The molecule has 0 bridgehead atoms. The second-order valence-corrected chi connectivity index (χ2v) is 7.22. The van der Waals surface area contributed by atoms with Gasteiger partial charge in [-0.25, -0.2) is 9.48 Å². The Hall–Kier alpha value is -2.83. The van der Waals surface area contributed by atoms with Crippen LogP contribution in [0.2, 0.25) is 0 Å². The van der Waals surface area contributed by atoms with Gasteiger partial charge >= 0.3 is 6.09 Å². The molecular weight excluding hydrogens is 344 g/mol. The van der Waals surface area contributed by atoms with Gasteiger partial charge in [-0.3, -0.25) is 4.79 Å². The van der Waals surface area contributed by atoms with Crippen molar-refractivity contribution in [2.75, 3.05) is 26.2 Å². The van der Waals surface area contributed by atoms with Gasteiger partial charge in [-0.05, 0) is 57.0 Å². The first kappa shape index (κ1) is 17.6. The van der Waals surface area contributed by atoms with Crippen LogP contribution >= 0.6 is 0 Å². The van der Waals surface area contributed by atoms with E-state index >= 15 is 0 Å². The number of nitrogens with zero attached hydrogens (tertiary/aromatic N) is 4. The number of carbonyl (C=O) groups excluding carboxylic acids is 2. The summed E-state index contributed by atoms with van der Waals surface area (Å²) in [6.07, 6.45) is 1.37. The number of rotatable bonds is 3. The van der Waals surface area contributed by atoms with Crippen LogP contribution in [-0.2, 0) is 4.74 Å². The van der Waals surface area contributed by atoms with E-state index in [1.165, 1.54) is 0 Å². The molecule has 7 nitrogen and oxygen atoms in total. The van der Waals surface area contributed by atoms with Crippen LogP contribution in [0.4, 0.5) is 4.79 Å². The molecule has 2 aromatic rings. The minimum Gasteiger partial charge on any atom is -0.448 e. The standard InChI is InChI=1S/C20H24N4O3/c1-14-13-15(2)24(21-14)18-5-3-16(4-6-18)19(25)22-9-7-17(8-10-22)23-11-12-27-20(23)26/h3-6,13,17H,7-12H2,1-2H3. The molecule has 2 saturated heterocycles. The third-order valence-electron chi connectivity index (χ3n) is 5.35. The highest BCUT2D eigenvalue weighted by atomic mass is 16.6. The summed E-state index contributed by atoms with van der Waals surface area (Å²) in [5.74, 6) is 0.0392. The highest BCUT2D eigenvalue weighted by Gasteiger charge is 2.33. The van der Waals surface area contributed by atoms with Crippen molar-refractivity contribution in [3.8, 4) is 5.69 Å². The molecule has 0 atom stereocenters. The summed E-state index contributed by atoms with van der Waals surface area (Å²) in [6.45, 7) is 6.43. The van der Waals surface area contributed by atoms with Crippen molar-refractivity contribution in [1.29, 1.82) is 0 Å². The van der Waals surface area contributed by atoms with Crippen molar-refractivity contribution in [1.82, 2.24) is 19.6 Å². The molecule has 0 unspecified atom stereocenters. The minimum absolute atomic E-state index is 0.0392. The zero-order chi connectivity index (χ0) is 19.0. The van der Waals surface area contributed by atoms with Gasteiger partial charge < -0.3 is 14.5 Å². The molecule has 0 N–H and O–H groups in total. The van der Waals surface area contributed by atoms with Crippen LogP contribution < -0.4 is 0 Å². The van der Waals surface area contributed by atoms with Gasteiger partial charge in [0.05, 0.1) is 17.9 Å². The highest BCUT2D eigenvalue weighted by Crippen LogP contribution is 2.22. The molecule has 7 heteroatoms. The maximum atomic E-state index is 12.8. The number of likely N-dealkylation sites (tertiary alicyclic amines) is 1. The lowest BCUT2D eigenvalue weighted by molar-refractivity contribution is 0.0658.